The smallest absolute Gasteiger partial charge is 0.238 e. The summed E-state index contributed by atoms with van der Waals surface area (Å²) in [5, 5.41) is 4.57. The highest BCUT2D eigenvalue weighted by Gasteiger charge is 2.16. The van der Waals surface area contributed by atoms with Crippen molar-refractivity contribution in [1.82, 2.24) is 10.1 Å². The van der Waals surface area contributed by atoms with Crippen LogP contribution >= 0.6 is 22.0 Å². The van der Waals surface area contributed by atoms with Crippen molar-refractivity contribution in [2.24, 2.45) is 0 Å². The zero-order valence-corrected chi connectivity index (χ0v) is 11.5. The largest absolute Gasteiger partial charge is 0.354 e. The summed E-state index contributed by atoms with van der Waals surface area (Å²) in [4.78, 5) is 5.29. The molecule has 2 aromatic heterocycles. The molecule has 2 rings (SSSR count). The average molecular weight is 293 g/mol. The quantitative estimate of drug-likeness (QED) is 0.813. The summed E-state index contributed by atoms with van der Waals surface area (Å²) in [5.41, 5.74) is 0.971. The Balaban J connectivity index is 2.33. The molecule has 92 valence electrons. The molecule has 0 radical (unpaired) electrons. The molecule has 0 aliphatic heterocycles. The van der Waals surface area contributed by atoms with Crippen molar-refractivity contribution in [3.63, 3.8) is 0 Å². The van der Waals surface area contributed by atoms with Crippen molar-refractivity contribution in [2.75, 3.05) is 0 Å². The third-order valence-electron chi connectivity index (χ3n) is 2.02. The van der Waals surface area contributed by atoms with Crippen LogP contribution in [0.2, 0.25) is 0 Å². The second-order valence-electron chi connectivity index (χ2n) is 3.50. The maximum Gasteiger partial charge on any atom is 0.238 e. The molecule has 5 nitrogen and oxygen atoms in total. The van der Waals surface area contributed by atoms with E-state index in [0.29, 0.717) is 11.5 Å². The van der Waals surface area contributed by atoms with Gasteiger partial charge in [0.15, 0.2) is 5.76 Å². The number of rotatable bonds is 3. The van der Waals surface area contributed by atoms with E-state index in [2.05, 4.69) is 10.1 Å². The standard InChI is InChI=1S/C9H9ClN2O3S2/c1-5-9(11-6(2)16-5)8-3-7(12-15-8)4-17(10,13)14/h3H,4H2,1-2H3. The predicted molar refractivity (Wildman–Crippen MR) is 65.6 cm³/mol. The van der Waals surface area contributed by atoms with Gasteiger partial charge in [-0.1, -0.05) is 5.16 Å². The van der Waals surface area contributed by atoms with Crippen LogP contribution in [-0.4, -0.2) is 18.6 Å². The van der Waals surface area contributed by atoms with Gasteiger partial charge in [-0.15, -0.1) is 11.3 Å². The third-order valence-corrected chi connectivity index (χ3v) is 3.87. The molecule has 0 saturated heterocycles. The Morgan fingerprint density at radius 2 is 2.18 bits per heavy atom. The molecule has 0 fully saturated rings. The molecule has 8 heteroatoms. The van der Waals surface area contributed by atoms with Gasteiger partial charge in [0.25, 0.3) is 0 Å². The first-order chi connectivity index (χ1) is 7.85. The number of aryl methyl sites for hydroxylation is 2. The summed E-state index contributed by atoms with van der Waals surface area (Å²) >= 11 is 1.54. The van der Waals surface area contributed by atoms with E-state index in [9.17, 15) is 8.42 Å². The topological polar surface area (TPSA) is 73.1 Å². The van der Waals surface area contributed by atoms with Crippen LogP contribution < -0.4 is 0 Å². The maximum atomic E-state index is 10.9. The van der Waals surface area contributed by atoms with Crippen molar-refractivity contribution >= 4 is 31.1 Å². The van der Waals surface area contributed by atoms with Gasteiger partial charge in [0.2, 0.25) is 9.05 Å². The second-order valence-corrected chi connectivity index (χ2v) is 7.69. The van der Waals surface area contributed by atoms with Gasteiger partial charge in [0, 0.05) is 21.6 Å². The lowest BCUT2D eigenvalue weighted by Gasteiger charge is -1.88. The minimum atomic E-state index is -3.62. The van der Waals surface area contributed by atoms with E-state index < -0.39 is 9.05 Å². The summed E-state index contributed by atoms with van der Waals surface area (Å²) < 4.78 is 26.8. The van der Waals surface area contributed by atoms with E-state index in [1.54, 1.807) is 17.4 Å². The van der Waals surface area contributed by atoms with Crippen LogP contribution in [0.1, 0.15) is 15.6 Å². The van der Waals surface area contributed by atoms with Crippen LogP contribution in [0.15, 0.2) is 10.6 Å². The van der Waals surface area contributed by atoms with E-state index in [1.165, 1.54) is 0 Å². The Bertz CT molecular complexity index is 645. The number of halogens is 1. The highest BCUT2D eigenvalue weighted by molar-refractivity contribution is 8.13. The van der Waals surface area contributed by atoms with E-state index in [-0.39, 0.29) is 11.4 Å². The Labute approximate surface area is 107 Å². The Morgan fingerprint density at radius 1 is 1.47 bits per heavy atom. The molecule has 2 aromatic rings. The maximum absolute atomic E-state index is 10.9. The third kappa shape index (κ3) is 3.05. The van der Waals surface area contributed by atoms with E-state index in [1.807, 2.05) is 13.8 Å². The minimum Gasteiger partial charge on any atom is -0.354 e. The molecule has 0 amide bonds. The Morgan fingerprint density at radius 3 is 2.71 bits per heavy atom. The summed E-state index contributed by atoms with van der Waals surface area (Å²) in [6.07, 6.45) is 0. The normalized spacial score (nSPS) is 11.9. The molecular formula is C9H9ClN2O3S2. The lowest BCUT2D eigenvalue weighted by atomic mass is 10.3. The molecular weight excluding hydrogens is 284 g/mol. The van der Waals surface area contributed by atoms with Crippen molar-refractivity contribution in [1.29, 1.82) is 0 Å². The fraction of sp³-hybridized carbons (Fsp3) is 0.333. The molecule has 0 saturated carbocycles. The molecule has 0 spiro atoms. The van der Waals surface area contributed by atoms with Crippen LogP contribution in [0.5, 0.6) is 0 Å². The first-order valence-corrected chi connectivity index (χ1v) is 7.97. The molecule has 0 N–H and O–H groups in total. The van der Waals surface area contributed by atoms with E-state index in [4.69, 9.17) is 15.2 Å². The number of hydrogen-bond donors (Lipinski definition) is 0. The van der Waals surface area contributed by atoms with Crippen molar-refractivity contribution < 1.29 is 12.9 Å². The van der Waals surface area contributed by atoms with E-state index in [0.717, 1.165) is 9.88 Å². The fourth-order valence-electron chi connectivity index (χ4n) is 1.43. The summed E-state index contributed by atoms with van der Waals surface area (Å²) in [5.74, 6) is 0.113. The average Bonchev–Trinajstić information content (AvgIpc) is 2.70. The van der Waals surface area contributed by atoms with Crippen LogP contribution in [0.3, 0.4) is 0 Å². The van der Waals surface area contributed by atoms with Gasteiger partial charge in [-0.2, -0.15) is 0 Å². The molecule has 0 atom stereocenters. The zero-order valence-electron chi connectivity index (χ0n) is 9.10. The monoisotopic (exact) mass is 292 g/mol. The lowest BCUT2D eigenvalue weighted by Crippen LogP contribution is -1.94. The Kier molecular flexibility index (Phi) is 3.24. The van der Waals surface area contributed by atoms with Gasteiger partial charge in [-0.05, 0) is 13.8 Å². The molecule has 17 heavy (non-hydrogen) atoms. The molecule has 0 bridgehead atoms. The second kappa shape index (κ2) is 4.40. The minimum absolute atomic E-state index is 0.278. The van der Waals surface area contributed by atoms with Gasteiger partial charge in [-0.3, -0.25) is 0 Å². The number of aromatic nitrogens is 2. The van der Waals surface area contributed by atoms with Crippen LogP contribution in [0, 0.1) is 13.8 Å². The summed E-state index contributed by atoms with van der Waals surface area (Å²) in [7, 11) is 1.52. The van der Waals surface area contributed by atoms with Crippen LogP contribution in [0.4, 0.5) is 0 Å². The number of thiazole rings is 1. The van der Waals surface area contributed by atoms with Crippen molar-refractivity contribution in [3.8, 4) is 11.5 Å². The van der Waals surface area contributed by atoms with Gasteiger partial charge < -0.3 is 4.52 Å². The SMILES string of the molecule is Cc1nc(-c2cc(CS(=O)(=O)Cl)no2)c(C)s1. The van der Waals surface area contributed by atoms with Crippen LogP contribution in [-0.2, 0) is 14.8 Å². The van der Waals surface area contributed by atoms with Gasteiger partial charge >= 0.3 is 0 Å². The van der Waals surface area contributed by atoms with Crippen molar-refractivity contribution in [3.05, 3.63) is 21.6 Å². The number of hydrogen-bond acceptors (Lipinski definition) is 6. The highest BCUT2D eigenvalue weighted by Crippen LogP contribution is 2.28. The molecule has 0 aliphatic carbocycles. The van der Waals surface area contributed by atoms with Gasteiger partial charge in [0.1, 0.15) is 17.1 Å². The van der Waals surface area contributed by atoms with Crippen LogP contribution in [0.25, 0.3) is 11.5 Å². The first-order valence-electron chi connectivity index (χ1n) is 4.67. The summed E-state index contributed by atoms with van der Waals surface area (Å²) in [6.45, 7) is 3.81. The highest BCUT2D eigenvalue weighted by atomic mass is 35.7. The molecule has 0 aliphatic rings. The first kappa shape index (κ1) is 12.5. The lowest BCUT2D eigenvalue weighted by molar-refractivity contribution is 0.424. The van der Waals surface area contributed by atoms with Crippen molar-refractivity contribution in [2.45, 2.75) is 19.6 Å². The van der Waals surface area contributed by atoms with E-state index >= 15 is 0 Å². The number of nitrogens with zero attached hydrogens (tertiary/aromatic N) is 2. The zero-order chi connectivity index (χ0) is 12.6. The Hall–Kier alpha value is -0.920. The molecule has 0 unspecified atom stereocenters. The van der Waals surface area contributed by atoms with Gasteiger partial charge in [-0.25, -0.2) is 13.4 Å². The fourth-order valence-corrected chi connectivity index (χ4v) is 3.07. The molecule has 0 aromatic carbocycles. The summed E-state index contributed by atoms with van der Waals surface area (Å²) in [6, 6.07) is 1.54. The van der Waals surface area contributed by atoms with Gasteiger partial charge in [0.05, 0.1) is 5.01 Å². The predicted octanol–water partition coefficient (Wildman–Crippen LogP) is 2.48. The molecule has 2 heterocycles.